The van der Waals surface area contributed by atoms with E-state index in [4.69, 9.17) is 28.6 Å². The van der Waals surface area contributed by atoms with Crippen molar-refractivity contribution in [2.75, 3.05) is 12.0 Å². The SMILES string of the molecule is COc1ccc(N2C(=S)N[C@H](c3ccccn3)[C@H]2c2ccc(Cl)s2)cc1. The van der Waals surface area contributed by atoms with E-state index in [-0.39, 0.29) is 12.1 Å². The maximum Gasteiger partial charge on any atom is 0.174 e. The molecule has 0 radical (unpaired) electrons. The molecule has 26 heavy (non-hydrogen) atoms. The molecule has 2 atom stereocenters. The van der Waals surface area contributed by atoms with Gasteiger partial charge in [-0.2, -0.15) is 0 Å². The molecule has 0 amide bonds. The lowest BCUT2D eigenvalue weighted by molar-refractivity contribution is 0.415. The number of ether oxygens (including phenoxy) is 1. The monoisotopic (exact) mass is 401 g/mol. The predicted octanol–water partition coefficient (Wildman–Crippen LogP) is 4.98. The number of anilines is 1. The molecule has 4 rings (SSSR count). The number of aromatic nitrogens is 1. The minimum Gasteiger partial charge on any atom is -0.497 e. The van der Waals surface area contributed by atoms with Crippen molar-refractivity contribution >= 4 is 46.0 Å². The Labute approximate surface area is 166 Å². The van der Waals surface area contributed by atoms with Gasteiger partial charge in [-0.3, -0.25) is 4.98 Å². The van der Waals surface area contributed by atoms with Crippen LogP contribution in [0.3, 0.4) is 0 Å². The largest absolute Gasteiger partial charge is 0.497 e. The molecule has 4 nitrogen and oxygen atoms in total. The quantitative estimate of drug-likeness (QED) is 0.624. The zero-order chi connectivity index (χ0) is 18.1. The zero-order valence-corrected chi connectivity index (χ0v) is 16.3. The van der Waals surface area contributed by atoms with Gasteiger partial charge in [0, 0.05) is 16.8 Å². The van der Waals surface area contributed by atoms with E-state index in [2.05, 4.69) is 21.3 Å². The topological polar surface area (TPSA) is 37.4 Å². The van der Waals surface area contributed by atoms with Gasteiger partial charge in [0.15, 0.2) is 5.11 Å². The smallest absolute Gasteiger partial charge is 0.174 e. The first-order chi connectivity index (χ1) is 12.7. The second kappa shape index (κ2) is 7.23. The summed E-state index contributed by atoms with van der Waals surface area (Å²) in [6, 6.07) is 17.7. The first kappa shape index (κ1) is 17.3. The second-order valence-corrected chi connectivity index (χ2v) is 7.97. The van der Waals surface area contributed by atoms with E-state index in [1.807, 2.05) is 48.5 Å². The highest BCUT2D eigenvalue weighted by atomic mass is 35.5. The van der Waals surface area contributed by atoms with Crippen molar-refractivity contribution in [3.05, 3.63) is 75.7 Å². The number of benzene rings is 1. The van der Waals surface area contributed by atoms with Gasteiger partial charge in [0.25, 0.3) is 0 Å². The van der Waals surface area contributed by atoms with Crippen molar-refractivity contribution < 1.29 is 4.74 Å². The Balaban J connectivity index is 1.79. The average Bonchev–Trinajstić information content (AvgIpc) is 3.25. The Kier molecular flexibility index (Phi) is 4.80. The van der Waals surface area contributed by atoms with Gasteiger partial charge in [0.05, 0.1) is 29.2 Å². The third kappa shape index (κ3) is 3.16. The van der Waals surface area contributed by atoms with Crippen molar-refractivity contribution in [3.8, 4) is 5.75 Å². The van der Waals surface area contributed by atoms with Crippen LogP contribution in [0.5, 0.6) is 5.75 Å². The Morgan fingerprint density at radius 2 is 1.96 bits per heavy atom. The van der Waals surface area contributed by atoms with Crippen LogP contribution in [0.25, 0.3) is 0 Å². The summed E-state index contributed by atoms with van der Waals surface area (Å²) in [6.45, 7) is 0. The van der Waals surface area contributed by atoms with E-state index >= 15 is 0 Å². The van der Waals surface area contributed by atoms with Crippen LogP contribution < -0.4 is 15.0 Å². The standard InChI is InChI=1S/C19H16ClN3OS2/c1-24-13-7-5-12(6-8-13)23-18(15-9-10-16(20)26-15)17(22-19(23)25)14-4-2-3-11-21-14/h2-11,17-18H,1H3,(H,22,25)/t17-,18-/m1/s1. The molecule has 1 aromatic carbocycles. The molecule has 3 aromatic rings. The molecule has 1 aliphatic rings. The Bertz CT molecular complexity index is 914. The van der Waals surface area contributed by atoms with Gasteiger partial charge in [-0.25, -0.2) is 0 Å². The number of pyridine rings is 1. The predicted molar refractivity (Wildman–Crippen MR) is 110 cm³/mol. The van der Waals surface area contributed by atoms with Crippen molar-refractivity contribution in [1.82, 2.24) is 10.3 Å². The van der Waals surface area contributed by atoms with Crippen molar-refractivity contribution in [3.63, 3.8) is 0 Å². The first-order valence-electron chi connectivity index (χ1n) is 8.07. The fraction of sp³-hybridized carbons (Fsp3) is 0.158. The lowest BCUT2D eigenvalue weighted by Crippen LogP contribution is -2.28. The van der Waals surface area contributed by atoms with E-state index in [1.54, 1.807) is 24.6 Å². The van der Waals surface area contributed by atoms with Crippen molar-refractivity contribution in [2.45, 2.75) is 12.1 Å². The van der Waals surface area contributed by atoms with E-state index in [1.165, 1.54) is 0 Å². The number of methoxy groups -OCH3 is 1. The van der Waals surface area contributed by atoms with Gasteiger partial charge < -0.3 is 15.0 Å². The lowest BCUT2D eigenvalue weighted by atomic mass is 10.0. The number of thiophene rings is 1. The van der Waals surface area contributed by atoms with Crippen LogP contribution >= 0.6 is 35.2 Å². The fourth-order valence-electron chi connectivity index (χ4n) is 3.15. The van der Waals surface area contributed by atoms with Crippen LogP contribution in [0.4, 0.5) is 5.69 Å². The summed E-state index contributed by atoms with van der Waals surface area (Å²) < 4.78 is 6.03. The fourth-order valence-corrected chi connectivity index (χ4v) is 4.69. The van der Waals surface area contributed by atoms with Gasteiger partial charge in [0.2, 0.25) is 0 Å². The number of rotatable bonds is 4. The number of nitrogens with one attached hydrogen (secondary N) is 1. The summed E-state index contributed by atoms with van der Waals surface area (Å²) in [5.74, 6) is 0.809. The van der Waals surface area contributed by atoms with E-state index in [9.17, 15) is 0 Å². The molecule has 0 bridgehead atoms. The molecular weight excluding hydrogens is 386 g/mol. The third-order valence-corrected chi connectivity index (χ3v) is 5.95. The summed E-state index contributed by atoms with van der Waals surface area (Å²) in [6.07, 6.45) is 1.80. The van der Waals surface area contributed by atoms with Crippen LogP contribution in [0.2, 0.25) is 4.34 Å². The molecule has 1 N–H and O–H groups in total. The van der Waals surface area contributed by atoms with Crippen LogP contribution in [0.1, 0.15) is 22.7 Å². The normalized spacial score (nSPS) is 19.5. The second-order valence-electron chi connectivity index (χ2n) is 5.84. The number of thiocarbonyl (C=S) groups is 1. The first-order valence-corrected chi connectivity index (χ1v) is 9.67. The molecule has 1 fully saturated rings. The van der Waals surface area contributed by atoms with Crippen LogP contribution in [-0.2, 0) is 0 Å². The summed E-state index contributed by atoms with van der Waals surface area (Å²) >= 11 is 13.5. The van der Waals surface area contributed by atoms with Crippen molar-refractivity contribution in [1.29, 1.82) is 0 Å². The summed E-state index contributed by atoms with van der Waals surface area (Å²) in [5, 5.41) is 4.10. The summed E-state index contributed by atoms with van der Waals surface area (Å²) in [5.41, 5.74) is 1.94. The van der Waals surface area contributed by atoms with Crippen LogP contribution in [-0.4, -0.2) is 17.2 Å². The van der Waals surface area contributed by atoms with E-state index in [0.29, 0.717) is 5.11 Å². The van der Waals surface area contributed by atoms with E-state index < -0.39 is 0 Å². The molecule has 0 spiro atoms. The van der Waals surface area contributed by atoms with Gasteiger partial charge >= 0.3 is 0 Å². The molecule has 0 unspecified atom stereocenters. The molecule has 7 heteroatoms. The van der Waals surface area contributed by atoms with Gasteiger partial charge in [-0.15, -0.1) is 11.3 Å². The van der Waals surface area contributed by atoms with Gasteiger partial charge in [-0.1, -0.05) is 17.7 Å². The minimum atomic E-state index is -0.0551. The Morgan fingerprint density at radius 1 is 1.15 bits per heavy atom. The highest BCUT2D eigenvalue weighted by molar-refractivity contribution is 7.80. The number of hydrogen-bond donors (Lipinski definition) is 1. The maximum atomic E-state index is 6.22. The highest BCUT2D eigenvalue weighted by Crippen LogP contribution is 2.44. The third-order valence-electron chi connectivity index (χ3n) is 4.33. The van der Waals surface area contributed by atoms with Crippen LogP contribution in [0.15, 0.2) is 60.8 Å². The Hall–Kier alpha value is -2.15. The molecule has 3 heterocycles. The average molecular weight is 402 g/mol. The number of halogens is 1. The number of hydrogen-bond acceptors (Lipinski definition) is 4. The minimum absolute atomic E-state index is 0.0247. The molecule has 0 saturated carbocycles. The van der Waals surface area contributed by atoms with Gasteiger partial charge in [0.1, 0.15) is 5.75 Å². The maximum absolute atomic E-state index is 6.22. The highest BCUT2D eigenvalue weighted by Gasteiger charge is 2.41. The van der Waals surface area contributed by atoms with Crippen molar-refractivity contribution in [2.24, 2.45) is 0 Å². The summed E-state index contributed by atoms with van der Waals surface area (Å²) in [7, 11) is 1.66. The van der Waals surface area contributed by atoms with Gasteiger partial charge in [-0.05, 0) is 60.7 Å². The molecule has 132 valence electrons. The van der Waals surface area contributed by atoms with E-state index in [0.717, 1.165) is 26.3 Å². The summed E-state index contributed by atoms with van der Waals surface area (Å²) in [4.78, 5) is 7.79. The van der Waals surface area contributed by atoms with Crippen LogP contribution in [0, 0.1) is 0 Å². The number of nitrogens with zero attached hydrogens (tertiary/aromatic N) is 2. The lowest BCUT2D eigenvalue weighted by Gasteiger charge is -2.27. The molecular formula is C19H16ClN3OS2. The Morgan fingerprint density at radius 3 is 2.58 bits per heavy atom. The molecule has 2 aromatic heterocycles. The molecule has 1 saturated heterocycles. The molecule has 1 aliphatic heterocycles. The zero-order valence-electron chi connectivity index (χ0n) is 13.9. The molecule has 0 aliphatic carbocycles.